The third-order valence-electron chi connectivity index (χ3n) is 4.05. The maximum atomic E-state index is 12.7. The number of hydrogen-bond acceptors (Lipinski definition) is 3. The molecule has 0 amide bonds. The second-order valence-electron chi connectivity index (χ2n) is 5.66. The molecule has 25 heavy (non-hydrogen) atoms. The van der Waals surface area contributed by atoms with Crippen molar-refractivity contribution in [1.29, 1.82) is 0 Å². The Bertz CT molecular complexity index is 1040. The van der Waals surface area contributed by atoms with Crippen LogP contribution in [0.3, 0.4) is 0 Å². The molecule has 2 aromatic carbocycles. The number of fused-ring (bicyclic) bond motifs is 1. The van der Waals surface area contributed by atoms with Gasteiger partial charge in [-0.2, -0.15) is 0 Å². The molecule has 0 spiro atoms. The highest BCUT2D eigenvalue weighted by atomic mass is 35.5. The number of para-hydroxylation sites is 1. The molecule has 0 radical (unpaired) electrons. The third kappa shape index (κ3) is 3.28. The Balaban J connectivity index is 2.16. The van der Waals surface area contributed by atoms with Crippen LogP contribution in [-0.2, 0) is 6.54 Å². The summed E-state index contributed by atoms with van der Waals surface area (Å²) in [7, 11) is 1.53. The first-order valence-corrected chi connectivity index (χ1v) is 8.33. The number of ether oxygens (including phenoxy) is 1. The number of pyridine rings is 1. The van der Waals surface area contributed by atoms with Gasteiger partial charge in [0.1, 0.15) is 5.75 Å². The first-order chi connectivity index (χ1) is 11.9. The van der Waals surface area contributed by atoms with Crippen molar-refractivity contribution in [1.82, 2.24) is 4.57 Å². The minimum atomic E-state index is -0.278. The number of carbonyl (C=O) groups excluding carboxylic acids is 1. The lowest BCUT2D eigenvalue weighted by Gasteiger charge is -2.15. The number of Topliss-reactive ketones (excluding diaryl/α,β-unsaturated/α-hetero) is 1. The van der Waals surface area contributed by atoms with E-state index in [1.165, 1.54) is 23.8 Å². The SMILES string of the molecule is COc1cccc2c(C)cc(=O)n(CC(=O)c3ccc(Cl)cc3Cl)c12. The molecule has 128 valence electrons. The van der Waals surface area contributed by atoms with E-state index in [0.717, 1.165) is 10.9 Å². The molecule has 0 saturated carbocycles. The van der Waals surface area contributed by atoms with Crippen molar-refractivity contribution in [3.8, 4) is 5.75 Å². The Hall–Kier alpha value is -2.30. The van der Waals surface area contributed by atoms with Gasteiger partial charge in [-0.05, 0) is 36.8 Å². The molecule has 0 saturated heterocycles. The Morgan fingerprint density at radius 1 is 1.16 bits per heavy atom. The third-order valence-corrected chi connectivity index (χ3v) is 4.60. The molecule has 6 heteroatoms. The Labute approximate surface area is 154 Å². The van der Waals surface area contributed by atoms with Crippen LogP contribution in [0.25, 0.3) is 10.9 Å². The van der Waals surface area contributed by atoms with E-state index in [4.69, 9.17) is 27.9 Å². The minimum Gasteiger partial charge on any atom is -0.495 e. The lowest BCUT2D eigenvalue weighted by atomic mass is 10.1. The standard InChI is InChI=1S/C19H15Cl2NO3/c1-11-8-18(24)22(19-13(11)4-3-5-17(19)25-2)10-16(23)14-7-6-12(20)9-15(14)21/h3-9H,10H2,1-2H3. The molecule has 3 aromatic rings. The summed E-state index contributed by atoms with van der Waals surface area (Å²) in [6.07, 6.45) is 0. The van der Waals surface area contributed by atoms with Crippen LogP contribution in [0.5, 0.6) is 5.75 Å². The van der Waals surface area contributed by atoms with Crippen molar-refractivity contribution in [2.75, 3.05) is 7.11 Å². The van der Waals surface area contributed by atoms with Crippen molar-refractivity contribution in [3.63, 3.8) is 0 Å². The highest BCUT2D eigenvalue weighted by molar-refractivity contribution is 6.36. The molecular formula is C19H15Cl2NO3. The highest BCUT2D eigenvalue weighted by Gasteiger charge is 2.17. The zero-order valence-electron chi connectivity index (χ0n) is 13.7. The van der Waals surface area contributed by atoms with Crippen LogP contribution in [0.2, 0.25) is 10.0 Å². The van der Waals surface area contributed by atoms with Crippen LogP contribution < -0.4 is 10.3 Å². The lowest BCUT2D eigenvalue weighted by molar-refractivity contribution is 0.0972. The first kappa shape index (κ1) is 17.5. The van der Waals surface area contributed by atoms with Gasteiger partial charge in [0.15, 0.2) is 5.78 Å². The van der Waals surface area contributed by atoms with Gasteiger partial charge in [0, 0.05) is 22.0 Å². The molecule has 0 N–H and O–H groups in total. The van der Waals surface area contributed by atoms with Crippen LogP contribution in [0.15, 0.2) is 47.3 Å². The van der Waals surface area contributed by atoms with E-state index >= 15 is 0 Å². The summed E-state index contributed by atoms with van der Waals surface area (Å²) in [5.74, 6) is 0.258. The monoisotopic (exact) mass is 375 g/mol. The van der Waals surface area contributed by atoms with E-state index in [0.29, 0.717) is 21.9 Å². The molecule has 0 aliphatic heterocycles. The highest BCUT2D eigenvalue weighted by Crippen LogP contribution is 2.27. The average molecular weight is 376 g/mol. The molecule has 1 heterocycles. The fraction of sp³-hybridized carbons (Fsp3) is 0.158. The van der Waals surface area contributed by atoms with Crippen molar-refractivity contribution in [2.24, 2.45) is 0 Å². The summed E-state index contributed by atoms with van der Waals surface area (Å²) in [5.41, 5.74) is 1.47. The number of nitrogens with zero attached hydrogens (tertiary/aromatic N) is 1. The number of benzene rings is 2. The summed E-state index contributed by atoms with van der Waals surface area (Å²) >= 11 is 12.0. The van der Waals surface area contributed by atoms with E-state index in [-0.39, 0.29) is 22.9 Å². The van der Waals surface area contributed by atoms with Gasteiger partial charge in [-0.25, -0.2) is 0 Å². The number of hydrogen-bond donors (Lipinski definition) is 0. The molecule has 0 aliphatic rings. The van der Waals surface area contributed by atoms with E-state index in [2.05, 4.69) is 0 Å². The first-order valence-electron chi connectivity index (χ1n) is 7.57. The zero-order chi connectivity index (χ0) is 18.1. The number of methoxy groups -OCH3 is 1. The number of rotatable bonds is 4. The van der Waals surface area contributed by atoms with Gasteiger partial charge in [0.25, 0.3) is 5.56 Å². The van der Waals surface area contributed by atoms with Crippen molar-refractivity contribution >= 4 is 39.9 Å². The summed E-state index contributed by atoms with van der Waals surface area (Å²) in [5, 5.41) is 1.56. The average Bonchev–Trinajstić information content (AvgIpc) is 2.57. The number of halogens is 2. The Morgan fingerprint density at radius 3 is 2.60 bits per heavy atom. The molecule has 4 nitrogen and oxygen atoms in total. The number of aryl methyl sites for hydroxylation is 1. The van der Waals surface area contributed by atoms with Crippen LogP contribution in [-0.4, -0.2) is 17.5 Å². The Kier molecular flexibility index (Phi) is 4.84. The predicted molar refractivity (Wildman–Crippen MR) is 100 cm³/mol. The molecule has 1 aromatic heterocycles. The minimum absolute atomic E-state index is 0.142. The molecule has 0 bridgehead atoms. The van der Waals surface area contributed by atoms with Gasteiger partial charge in [-0.15, -0.1) is 0 Å². The van der Waals surface area contributed by atoms with Crippen LogP contribution in [0.1, 0.15) is 15.9 Å². The summed E-state index contributed by atoms with van der Waals surface area (Å²) in [4.78, 5) is 25.2. The Morgan fingerprint density at radius 2 is 1.92 bits per heavy atom. The summed E-state index contributed by atoms with van der Waals surface area (Å²) < 4.78 is 6.80. The summed E-state index contributed by atoms with van der Waals surface area (Å²) in [6, 6.07) is 11.7. The molecule has 0 fully saturated rings. The van der Waals surface area contributed by atoms with Gasteiger partial charge in [-0.3, -0.25) is 14.2 Å². The van der Waals surface area contributed by atoms with Crippen molar-refractivity contribution in [3.05, 3.63) is 74.0 Å². The van der Waals surface area contributed by atoms with Crippen LogP contribution in [0.4, 0.5) is 0 Å². The van der Waals surface area contributed by atoms with Crippen LogP contribution >= 0.6 is 23.2 Å². The summed E-state index contributed by atoms with van der Waals surface area (Å²) in [6.45, 7) is 1.71. The number of carbonyl (C=O) groups is 1. The molecule has 0 unspecified atom stereocenters. The van der Waals surface area contributed by atoms with Gasteiger partial charge in [0.05, 0.1) is 24.2 Å². The fourth-order valence-electron chi connectivity index (χ4n) is 2.84. The van der Waals surface area contributed by atoms with E-state index in [1.807, 2.05) is 19.1 Å². The normalized spacial score (nSPS) is 10.9. The van der Waals surface area contributed by atoms with Gasteiger partial charge < -0.3 is 4.74 Å². The van der Waals surface area contributed by atoms with Gasteiger partial charge in [0.2, 0.25) is 0 Å². The topological polar surface area (TPSA) is 48.3 Å². The van der Waals surface area contributed by atoms with Gasteiger partial charge in [-0.1, -0.05) is 35.3 Å². The second-order valence-corrected chi connectivity index (χ2v) is 6.50. The van der Waals surface area contributed by atoms with E-state index in [9.17, 15) is 9.59 Å². The van der Waals surface area contributed by atoms with Crippen molar-refractivity contribution < 1.29 is 9.53 Å². The number of ketones is 1. The maximum Gasteiger partial charge on any atom is 0.251 e. The molecule has 0 atom stereocenters. The molecular weight excluding hydrogens is 361 g/mol. The van der Waals surface area contributed by atoms with E-state index < -0.39 is 0 Å². The second kappa shape index (κ2) is 6.90. The quantitative estimate of drug-likeness (QED) is 0.630. The predicted octanol–water partition coefficient (Wildman–Crippen LogP) is 4.51. The zero-order valence-corrected chi connectivity index (χ0v) is 15.2. The van der Waals surface area contributed by atoms with Crippen LogP contribution in [0, 0.1) is 6.92 Å². The largest absolute Gasteiger partial charge is 0.495 e. The smallest absolute Gasteiger partial charge is 0.251 e. The van der Waals surface area contributed by atoms with E-state index in [1.54, 1.807) is 18.2 Å². The molecule has 3 rings (SSSR count). The van der Waals surface area contributed by atoms with Crippen molar-refractivity contribution in [2.45, 2.75) is 13.5 Å². The maximum absolute atomic E-state index is 12.7. The van der Waals surface area contributed by atoms with Gasteiger partial charge >= 0.3 is 0 Å². The fourth-order valence-corrected chi connectivity index (χ4v) is 3.35. The molecule has 0 aliphatic carbocycles. The number of aromatic nitrogens is 1. The lowest BCUT2D eigenvalue weighted by Crippen LogP contribution is -2.25.